The van der Waals surface area contributed by atoms with Gasteiger partial charge in [-0.25, -0.2) is 4.79 Å². The molecule has 128 valence electrons. The van der Waals surface area contributed by atoms with E-state index in [1.54, 1.807) is 0 Å². The Labute approximate surface area is 146 Å². The molecule has 0 saturated heterocycles. The van der Waals surface area contributed by atoms with Crippen molar-refractivity contribution in [3.63, 3.8) is 0 Å². The first-order chi connectivity index (χ1) is 11.2. The third kappa shape index (κ3) is 4.80. The van der Waals surface area contributed by atoms with Crippen LogP contribution < -0.4 is 0 Å². The van der Waals surface area contributed by atoms with Crippen LogP contribution in [0, 0.1) is 0 Å². The molecule has 0 aliphatic rings. The second-order valence-electron chi connectivity index (χ2n) is 6.22. The maximum atomic E-state index is 11.6. The van der Waals surface area contributed by atoms with Crippen molar-refractivity contribution in [1.82, 2.24) is 0 Å². The van der Waals surface area contributed by atoms with E-state index in [4.69, 9.17) is 0 Å². The van der Waals surface area contributed by atoms with Crippen LogP contribution in [0.15, 0.2) is 11.4 Å². The number of unbranched alkanes of at least 4 members (excludes halogenated alkanes) is 6. The van der Waals surface area contributed by atoms with Crippen molar-refractivity contribution >= 4 is 37.2 Å². The smallest absolute Gasteiger partial charge is 0.346 e. The van der Waals surface area contributed by atoms with Crippen LogP contribution in [0.5, 0.6) is 0 Å². The van der Waals surface area contributed by atoms with Gasteiger partial charge in [-0.05, 0) is 36.2 Å². The minimum Gasteiger partial charge on any atom is -0.477 e. The van der Waals surface area contributed by atoms with Gasteiger partial charge in [0.05, 0.1) is 4.70 Å². The molecule has 1 unspecified atom stereocenters. The predicted octanol–water partition coefficient (Wildman–Crippen LogP) is 7.05. The van der Waals surface area contributed by atoms with Gasteiger partial charge in [0, 0.05) is 11.6 Å². The average molecular weight is 354 g/mol. The van der Waals surface area contributed by atoms with Gasteiger partial charge >= 0.3 is 5.97 Å². The average Bonchev–Trinajstić information content (AvgIpc) is 3.08. The molecule has 1 N–H and O–H groups in total. The molecule has 2 nitrogen and oxygen atoms in total. The second-order valence-corrected chi connectivity index (χ2v) is 9.21. The number of aromatic carboxylic acids is 1. The Kier molecular flexibility index (Phi) is 7.57. The molecule has 0 saturated carbocycles. The van der Waals surface area contributed by atoms with Crippen LogP contribution in [-0.4, -0.2) is 11.1 Å². The monoisotopic (exact) mass is 353 g/mol. The van der Waals surface area contributed by atoms with Crippen LogP contribution in [0.1, 0.15) is 80.4 Å². The number of carboxylic acid groups (broad SMARTS) is 1. The summed E-state index contributed by atoms with van der Waals surface area (Å²) in [5, 5.41) is 11.9. The van der Waals surface area contributed by atoms with Gasteiger partial charge in [0.2, 0.25) is 0 Å². The summed E-state index contributed by atoms with van der Waals surface area (Å²) in [5.41, 5.74) is 1.15. The van der Waals surface area contributed by atoms with E-state index in [-0.39, 0.29) is 10.5 Å². The minimum atomic E-state index is -0.738. The predicted molar refractivity (Wildman–Crippen MR) is 103 cm³/mol. The maximum Gasteiger partial charge on any atom is 0.346 e. The van der Waals surface area contributed by atoms with Gasteiger partial charge in [0.1, 0.15) is 16.0 Å². The number of hydrogen-bond donors (Lipinski definition) is 1. The summed E-state index contributed by atoms with van der Waals surface area (Å²) in [7, 11) is 0.146. The number of thiophene rings is 2. The Hall–Kier alpha value is -0.870. The van der Waals surface area contributed by atoms with Gasteiger partial charge in [0.25, 0.3) is 0 Å². The highest BCUT2D eigenvalue weighted by Crippen LogP contribution is 2.43. The molecule has 2 aromatic heterocycles. The molecule has 0 radical (unpaired) electrons. The summed E-state index contributed by atoms with van der Waals surface area (Å²) in [4.78, 5) is 12.2. The highest BCUT2D eigenvalue weighted by Gasteiger charge is 2.26. The summed E-state index contributed by atoms with van der Waals surface area (Å²) in [6.07, 6.45) is 10.8. The number of rotatable bonds is 11. The Morgan fingerprint density at radius 2 is 1.78 bits per heavy atom. The van der Waals surface area contributed by atoms with Crippen LogP contribution in [0.25, 0.3) is 9.40 Å². The summed E-state index contributed by atoms with van der Waals surface area (Å²) < 4.78 is 2.59. The first kappa shape index (κ1) is 18.5. The summed E-state index contributed by atoms with van der Waals surface area (Å²) in [6, 6.07) is 2.17. The quantitative estimate of drug-likeness (QED) is 0.347. The fourth-order valence-corrected chi connectivity index (χ4v) is 6.78. The number of hydrogen-bond acceptors (Lipinski definition) is 2. The van der Waals surface area contributed by atoms with Gasteiger partial charge in [-0.15, -0.1) is 11.3 Å². The Balaban J connectivity index is 2.18. The van der Waals surface area contributed by atoms with Crippen LogP contribution in [0.3, 0.4) is 0 Å². The molecule has 0 aliphatic carbocycles. The summed E-state index contributed by atoms with van der Waals surface area (Å²) in [5.74, 6) is 0.458. The Morgan fingerprint density at radius 1 is 1.09 bits per heavy atom. The molecule has 0 fully saturated rings. The summed E-state index contributed by atoms with van der Waals surface area (Å²) >= 11 is 1.49. The molecule has 0 bridgehead atoms. The van der Waals surface area contributed by atoms with Gasteiger partial charge in [-0.1, -0.05) is 46.0 Å². The fourth-order valence-electron chi connectivity index (χ4n) is 3.06. The molecule has 2 heterocycles. The van der Waals surface area contributed by atoms with E-state index >= 15 is 0 Å². The van der Waals surface area contributed by atoms with Gasteiger partial charge in [0.15, 0.2) is 4.70 Å². The molecule has 1 atom stereocenters. The van der Waals surface area contributed by atoms with Crippen LogP contribution in [0.2, 0.25) is 0 Å². The molecule has 0 aromatic carbocycles. The van der Waals surface area contributed by atoms with Gasteiger partial charge in [-0.3, -0.25) is 0 Å². The second kappa shape index (κ2) is 9.43. The van der Waals surface area contributed by atoms with Crippen LogP contribution in [-0.2, 0) is 12.2 Å². The van der Waals surface area contributed by atoms with Crippen molar-refractivity contribution in [2.24, 2.45) is 0 Å². The number of carboxylic acids is 1. The van der Waals surface area contributed by atoms with E-state index in [1.807, 2.05) is 0 Å². The van der Waals surface area contributed by atoms with E-state index in [0.717, 1.165) is 18.4 Å². The lowest BCUT2D eigenvalue weighted by molar-refractivity contribution is 0.0701. The zero-order valence-corrected chi connectivity index (χ0v) is 16.0. The lowest BCUT2D eigenvalue weighted by Gasteiger charge is -2.01. The molecule has 2 aromatic rings. The molecule has 4 heteroatoms. The van der Waals surface area contributed by atoms with Gasteiger partial charge in [-0.2, -0.15) is 0 Å². The lowest BCUT2D eigenvalue weighted by Crippen LogP contribution is -1.98. The minimum absolute atomic E-state index is 0.146. The van der Waals surface area contributed by atoms with Crippen LogP contribution >= 0.6 is 21.8 Å². The fraction of sp³-hybridized carbons (Fsp3) is 0.632. The molecular formula is C19H29O2S2+. The first-order valence-corrected chi connectivity index (χ1v) is 11.2. The molecule has 0 aliphatic heterocycles. The highest BCUT2D eigenvalue weighted by molar-refractivity contribution is 7.39. The van der Waals surface area contributed by atoms with Crippen molar-refractivity contribution in [2.75, 3.05) is 0 Å². The highest BCUT2D eigenvalue weighted by atomic mass is 32.2. The molecule has 0 amide bonds. The maximum absolute atomic E-state index is 11.6. The zero-order chi connectivity index (χ0) is 16.7. The normalized spacial score (nSPS) is 12.2. The molecule has 2 rings (SSSR count). The largest absolute Gasteiger partial charge is 0.477 e. The Morgan fingerprint density at radius 3 is 2.43 bits per heavy atom. The zero-order valence-electron chi connectivity index (χ0n) is 14.4. The van der Waals surface area contributed by atoms with E-state index < -0.39 is 5.97 Å². The SMILES string of the molecule is CCCCCCc1c(C(=O)O)sc2cc[s+](CCCCCC)c12. The van der Waals surface area contributed by atoms with E-state index in [2.05, 4.69) is 25.3 Å². The van der Waals surface area contributed by atoms with E-state index in [1.165, 1.54) is 71.4 Å². The van der Waals surface area contributed by atoms with Crippen molar-refractivity contribution in [3.8, 4) is 0 Å². The van der Waals surface area contributed by atoms with Crippen LogP contribution in [0.4, 0.5) is 0 Å². The number of carbonyl (C=O) groups is 1. The number of aryl methyl sites for hydroxylation is 2. The van der Waals surface area contributed by atoms with E-state index in [0.29, 0.717) is 4.88 Å². The third-order valence-corrected chi connectivity index (χ3v) is 7.82. The third-order valence-electron chi connectivity index (χ3n) is 4.32. The first-order valence-electron chi connectivity index (χ1n) is 8.95. The standard InChI is InChI=1S/C19H28O2S2/c1-3-5-7-9-11-15-17(19(20)21)22-16-12-14-23(18(15)16)13-10-8-6-4-2/h12,14H,3-11,13H2,1-2H3/p+1. The van der Waals surface area contributed by atoms with Crippen molar-refractivity contribution in [1.29, 1.82) is 0 Å². The van der Waals surface area contributed by atoms with Crippen molar-refractivity contribution in [3.05, 3.63) is 21.9 Å². The Bertz CT molecular complexity index is 625. The molecule has 0 spiro atoms. The molecular weight excluding hydrogens is 324 g/mol. The van der Waals surface area contributed by atoms with Gasteiger partial charge < -0.3 is 5.11 Å². The number of fused-ring (bicyclic) bond motifs is 1. The molecule has 23 heavy (non-hydrogen) atoms. The van der Waals surface area contributed by atoms with Crippen molar-refractivity contribution < 1.29 is 9.90 Å². The van der Waals surface area contributed by atoms with Crippen molar-refractivity contribution in [2.45, 2.75) is 77.4 Å². The summed E-state index contributed by atoms with van der Waals surface area (Å²) in [6.45, 7) is 4.45. The topological polar surface area (TPSA) is 37.3 Å². The lowest BCUT2D eigenvalue weighted by atomic mass is 10.1. The van der Waals surface area contributed by atoms with E-state index in [9.17, 15) is 9.90 Å².